The highest BCUT2D eigenvalue weighted by Crippen LogP contribution is 2.46. The molecular weight excluding hydrogens is 684 g/mol. The molecule has 0 saturated carbocycles. The molecule has 0 bridgehead atoms. The second-order valence-electron chi connectivity index (χ2n) is 17.1. The molecule has 4 rings (SSSR count). The van der Waals surface area contributed by atoms with Gasteiger partial charge in [-0.25, -0.2) is 0 Å². The van der Waals surface area contributed by atoms with Gasteiger partial charge in [0.15, 0.2) is 6.29 Å². The molecule has 2 saturated heterocycles. The Labute approximate surface area is 316 Å². The van der Waals surface area contributed by atoms with Crippen molar-refractivity contribution in [3.05, 3.63) is 22.3 Å². The summed E-state index contributed by atoms with van der Waals surface area (Å²) < 4.78 is 30.0. The molecule has 1 aromatic rings. The van der Waals surface area contributed by atoms with Crippen molar-refractivity contribution in [2.24, 2.45) is 17.8 Å². The highest BCUT2D eigenvalue weighted by atomic mass is 16.7. The number of ether oxygens (including phenoxy) is 5. The molecule has 0 spiro atoms. The maximum atomic E-state index is 10.9. The van der Waals surface area contributed by atoms with Gasteiger partial charge in [0.25, 0.3) is 0 Å². The Hall–Kier alpha value is -1.58. The molecule has 2 fully saturated rings. The minimum absolute atomic E-state index is 0.277. The fourth-order valence-corrected chi connectivity index (χ4v) is 8.10. The summed E-state index contributed by atoms with van der Waals surface area (Å²) in [6, 6.07) is 0. The molecule has 3 heterocycles. The molecule has 3 aliphatic rings. The lowest BCUT2D eigenvalue weighted by Gasteiger charge is -2.43. The first-order valence-corrected chi connectivity index (χ1v) is 20.1. The van der Waals surface area contributed by atoms with Crippen molar-refractivity contribution in [2.45, 2.75) is 193 Å². The molecular formula is C41H70O12. The minimum atomic E-state index is -1.65. The first-order chi connectivity index (χ1) is 25.0. The van der Waals surface area contributed by atoms with E-state index < -0.39 is 74.6 Å². The van der Waals surface area contributed by atoms with Gasteiger partial charge in [-0.3, -0.25) is 0 Å². The zero-order valence-corrected chi connectivity index (χ0v) is 33.4. The Balaban J connectivity index is 1.34. The number of hydrogen-bond acceptors (Lipinski definition) is 12. The lowest BCUT2D eigenvalue weighted by Crippen LogP contribution is -2.62. The molecule has 306 valence electrons. The maximum absolute atomic E-state index is 10.9. The lowest BCUT2D eigenvalue weighted by molar-refractivity contribution is -0.323. The zero-order valence-electron chi connectivity index (χ0n) is 33.4. The van der Waals surface area contributed by atoms with Crippen LogP contribution in [0.25, 0.3) is 0 Å². The van der Waals surface area contributed by atoms with E-state index >= 15 is 0 Å². The van der Waals surface area contributed by atoms with Crippen LogP contribution >= 0.6 is 0 Å². The van der Waals surface area contributed by atoms with E-state index in [4.69, 9.17) is 23.7 Å². The van der Waals surface area contributed by atoms with Crippen LogP contribution in [0.5, 0.6) is 11.5 Å². The van der Waals surface area contributed by atoms with Crippen molar-refractivity contribution in [1.29, 1.82) is 0 Å². The topological polar surface area (TPSA) is 188 Å². The summed E-state index contributed by atoms with van der Waals surface area (Å²) in [7, 11) is 0. The van der Waals surface area contributed by atoms with Crippen LogP contribution in [0.1, 0.15) is 121 Å². The van der Waals surface area contributed by atoms with Crippen LogP contribution in [0.2, 0.25) is 0 Å². The van der Waals surface area contributed by atoms with Crippen LogP contribution in [0.3, 0.4) is 0 Å². The fraction of sp³-hybridized carbons (Fsp3) is 0.854. The number of fused-ring (bicyclic) bond motifs is 1. The Morgan fingerprint density at radius 2 is 1.23 bits per heavy atom. The van der Waals surface area contributed by atoms with Crippen molar-refractivity contribution in [2.75, 3.05) is 13.2 Å². The standard InChI is InChI=1S/C41H70O12/c1-22(2)12-9-13-23(3)14-10-15-24(4)16-11-18-41(8)19-17-28-27(7)37(25(5)26(6)38(28)53-41)52-40-36(48)34(46)32(44)30(51-40)21-49-39-35(47)33(45)31(43)29(20-42)50-39/h22-24,29-36,39-40,42-48H,9-21H2,1-8H3/t23-,24-,29-,30-,31+,32-,33+,34+,35-,36-,39+,40+,41-/m1/s1. The summed E-state index contributed by atoms with van der Waals surface area (Å²) in [5, 5.41) is 72.3. The molecule has 1 aromatic carbocycles. The second kappa shape index (κ2) is 19.5. The number of hydrogen-bond donors (Lipinski definition) is 7. The highest BCUT2D eigenvalue weighted by molar-refractivity contribution is 5.59. The summed E-state index contributed by atoms with van der Waals surface area (Å²) in [4.78, 5) is 0. The monoisotopic (exact) mass is 754 g/mol. The summed E-state index contributed by atoms with van der Waals surface area (Å²) in [6.07, 6.45) is -2.09. The SMILES string of the molecule is Cc1c(C)c2c(c(C)c1O[C@@H]1O[C@H](CO[C@H]3O[C@H](CO)[C@H](O)[C@H](O)[C@H]3O)[C@@H](O)[C@H](O)[C@H]1O)CC[C@@](C)(CCC[C@H](C)CCC[C@H](C)CCCC(C)C)O2. The van der Waals surface area contributed by atoms with Crippen molar-refractivity contribution in [3.8, 4) is 11.5 Å². The molecule has 0 aliphatic carbocycles. The van der Waals surface area contributed by atoms with Gasteiger partial charge in [0.2, 0.25) is 6.29 Å². The van der Waals surface area contributed by atoms with Crippen LogP contribution in [0.4, 0.5) is 0 Å². The average molecular weight is 755 g/mol. The smallest absolute Gasteiger partial charge is 0.229 e. The van der Waals surface area contributed by atoms with E-state index in [9.17, 15) is 35.7 Å². The van der Waals surface area contributed by atoms with Gasteiger partial charge in [-0.15, -0.1) is 0 Å². The zero-order chi connectivity index (χ0) is 39.2. The molecule has 0 amide bonds. The van der Waals surface area contributed by atoms with Crippen molar-refractivity contribution < 1.29 is 59.4 Å². The molecule has 0 aromatic heterocycles. The van der Waals surface area contributed by atoms with Crippen LogP contribution in [0, 0.1) is 38.5 Å². The van der Waals surface area contributed by atoms with Gasteiger partial charge < -0.3 is 59.4 Å². The molecule has 53 heavy (non-hydrogen) atoms. The Morgan fingerprint density at radius 1 is 0.679 bits per heavy atom. The lowest BCUT2D eigenvalue weighted by atomic mass is 9.83. The number of aliphatic hydroxyl groups is 7. The van der Waals surface area contributed by atoms with Crippen molar-refractivity contribution in [3.63, 3.8) is 0 Å². The Bertz CT molecular complexity index is 1290. The predicted molar refractivity (Wildman–Crippen MR) is 200 cm³/mol. The molecule has 7 N–H and O–H groups in total. The summed E-state index contributed by atoms with van der Waals surface area (Å²) in [5.41, 5.74) is 3.34. The van der Waals surface area contributed by atoms with E-state index in [1.54, 1.807) is 0 Å². The third-order valence-corrected chi connectivity index (χ3v) is 12.0. The molecule has 13 atom stereocenters. The largest absolute Gasteiger partial charge is 0.487 e. The van der Waals surface area contributed by atoms with E-state index in [0.717, 1.165) is 65.5 Å². The first-order valence-electron chi connectivity index (χ1n) is 20.1. The van der Waals surface area contributed by atoms with E-state index in [-0.39, 0.29) is 5.60 Å². The van der Waals surface area contributed by atoms with Crippen LogP contribution in [-0.4, -0.2) is 116 Å². The van der Waals surface area contributed by atoms with Gasteiger partial charge in [-0.05, 0) is 87.8 Å². The average Bonchev–Trinajstić information content (AvgIpc) is 3.11. The maximum Gasteiger partial charge on any atom is 0.229 e. The predicted octanol–water partition coefficient (Wildman–Crippen LogP) is 4.14. The summed E-state index contributed by atoms with van der Waals surface area (Å²) in [6.45, 7) is 16.4. The second-order valence-corrected chi connectivity index (χ2v) is 17.1. The number of aliphatic hydroxyl groups excluding tert-OH is 7. The summed E-state index contributed by atoms with van der Waals surface area (Å²) >= 11 is 0. The van der Waals surface area contributed by atoms with Crippen molar-refractivity contribution >= 4 is 0 Å². The van der Waals surface area contributed by atoms with E-state index in [1.165, 1.54) is 44.9 Å². The van der Waals surface area contributed by atoms with Gasteiger partial charge in [0.1, 0.15) is 65.9 Å². The van der Waals surface area contributed by atoms with Crippen LogP contribution in [-0.2, 0) is 20.6 Å². The first kappa shape index (κ1) is 44.1. The van der Waals surface area contributed by atoms with Gasteiger partial charge >= 0.3 is 0 Å². The summed E-state index contributed by atoms with van der Waals surface area (Å²) in [5.74, 6) is 3.66. The fourth-order valence-electron chi connectivity index (χ4n) is 8.10. The molecule has 0 unspecified atom stereocenters. The minimum Gasteiger partial charge on any atom is -0.487 e. The van der Waals surface area contributed by atoms with Gasteiger partial charge in [-0.2, -0.15) is 0 Å². The number of benzene rings is 1. The van der Waals surface area contributed by atoms with Crippen LogP contribution in [0.15, 0.2) is 0 Å². The molecule has 0 radical (unpaired) electrons. The van der Waals surface area contributed by atoms with Gasteiger partial charge in [-0.1, -0.05) is 72.6 Å². The van der Waals surface area contributed by atoms with E-state index in [2.05, 4.69) is 34.6 Å². The van der Waals surface area contributed by atoms with Crippen molar-refractivity contribution in [1.82, 2.24) is 0 Å². The number of rotatable bonds is 18. The Morgan fingerprint density at radius 3 is 1.83 bits per heavy atom. The molecule has 12 heteroatoms. The quantitative estimate of drug-likeness (QED) is 0.114. The van der Waals surface area contributed by atoms with Gasteiger partial charge in [0, 0.05) is 5.56 Å². The molecule has 12 nitrogen and oxygen atoms in total. The third-order valence-electron chi connectivity index (χ3n) is 12.0. The van der Waals surface area contributed by atoms with Gasteiger partial charge in [0.05, 0.1) is 13.2 Å². The highest BCUT2D eigenvalue weighted by Gasteiger charge is 2.48. The normalized spacial score (nSPS) is 34.4. The van der Waals surface area contributed by atoms with E-state index in [1.807, 2.05) is 20.8 Å². The molecule has 3 aliphatic heterocycles. The van der Waals surface area contributed by atoms with E-state index in [0.29, 0.717) is 11.7 Å². The Kier molecular flexibility index (Phi) is 16.3. The third kappa shape index (κ3) is 11.1. The van der Waals surface area contributed by atoms with Crippen LogP contribution < -0.4 is 9.47 Å².